The van der Waals surface area contributed by atoms with Gasteiger partial charge in [0.2, 0.25) is 0 Å². The number of aromatic hydroxyl groups is 1. The van der Waals surface area contributed by atoms with Crippen LogP contribution in [0, 0.1) is 10.1 Å². The zero-order valence-electron chi connectivity index (χ0n) is 14.9. The number of hydrogen-bond acceptors (Lipinski definition) is 5. The minimum atomic E-state index is -0.598. The minimum absolute atomic E-state index is 0.135. The number of anilines is 3. The number of nitrogens with one attached hydrogen (secondary N) is 1. The lowest BCUT2D eigenvalue weighted by Crippen LogP contribution is -1.89. The van der Waals surface area contributed by atoms with Gasteiger partial charge in [0, 0.05) is 17.4 Å². The predicted molar refractivity (Wildman–Crippen MR) is 113 cm³/mol. The number of phenols is 1. The van der Waals surface area contributed by atoms with Crippen LogP contribution in [0.5, 0.6) is 5.75 Å². The zero-order chi connectivity index (χ0) is 19.9. The molecule has 28 heavy (non-hydrogen) atoms. The van der Waals surface area contributed by atoms with Crippen molar-refractivity contribution in [1.29, 1.82) is 0 Å². The van der Waals surface area contributed by atoms with Crippen LogP contribution in [0.15, 0.2) is 91.0 Å². The minimum Gasteiger partial charge on any atom is -0.506 e. The van der Waals surface area contributed by atoms with Gasteiger partial charge in [-0.05, 0) is 41.1 Å². The Balaban J connectivity index is 0.000000178. The highest BCUT2D eigenvalue weighted by Gasteiger charge is 2.06. The van der Waals surface area contributed by atoms with Gasteiger partial charge < -0.3 is 16.2 Å². The number of rotatable bonds is 3. The second-order valence-corrected chi connectivity index (χ2v) is 6.05. The molecule has 0 saturated carbocycles. The molecule has 4 N–H and O–H groups in total. The molecule has 0 radical (unpaired) electrons. The number of nitrogens with two attached hydrogens (primary N) is 1. The first-order valence-corrected chi connectivity index (χ1v) is 8.57. The summed E-state index contributed by atoms with van der Waals surface area (Å²) in [6.07, 6.45) is 0. The molecule has 0 saturated heterocycles. The maximum Gasteiger partial charge on any atom is 0.273 e. The summed E-state index contributed by atoms with van der Waals surface area (Å²) >= 11 is 0. The monoisotopic (exact) mass is 373 g/mol. The molecule has 0 atom stereocenters. The third-order valence-electron chi connectivity index (χ3n) is 4.04. The van der Waals surface area contributed by atoms with E-state index >= 15 is 0 Å². The standard InChI is InChI=1S/C16H13N.C6H6N2O3/c1-2-8-15(9-3-1)17-16-11-10-13-6-4-5-7-14(13)12-16;7-5-2-1-4(8(10)11)3-6(5)9/h1-12,17H;1-3,9H,7H2. The Bertz CT molecular complexity index is 1100. The summed E-state index contributed by atoms with van der Waals surface area (Å²) in [5.41, 5.74) is 7.42. The van der Waals surface area contributed by atoms with Gasteiger partial charge in [-0.1, -0.05) is 48.5 Å². The average molecular weight is 373 g/mol. The van der Waals surface area contributed by atoms with Crippen LogP contribution >= 0.6 is 0 Å². The van der Waals surface area contributed by atoms with E-state index in [9.17, 15) is 10.1 Å². The first-order chi connectivity index (χ1) is 13.5. The van der Waals surface area contributed by atoms with Crippen LogP contribution in [-0.4, -0.2) is 10.0 Å². The second kappa shape index (κ2) is 8.55. The SMILES string of the molecule is Nc1ccc([N+](=O)[O-])cc1O.c1ccc(Nc2ccc3ccccc3c2)cc1. The van der Waals surface area contributed by atoms with Crippen LogP contribution in [0.3, 0.4) is 0 Å². The molecule has 0 amide bonds. The summed E-state index contributed by atoms with van der Waals surface area (Å²) in [6.45, 7) is 0. The molecule has 0 aliphatic carbocycles. The maximum absolute atomic E-state index is 10.1. The van der Waals surface area contributed by atoms with E-state index in [1.54, 1.807) is 0 Å². The van der Waals surface area contributed by atoms with Crippen molar-refractivity contribution in [3.63, 3.8) is 0 Å². The summed E-state index contributed by atoms with van der Waals surface area (Å²) in [5.74, 6) is -0.265. The van der Waals surface area contributed by atoms with Gasteiger partial charge in [0.05, 0.1) is 16.7 Å². The Hall–Kier alpha value is -4.06. The summed E-state index contributed by atoms with van der Waals surface area (Å²) in [6, 6.07) is 28.5. The molecule has 6 nitrogen and oxygen atoms in total. The summed E-state index contributed by atoms with van der Waals surface area (Å²) in [4.78, 5) is 9.52. The number of fused-ring (bicyclic) bond motifs is 1. The molecule has 0 aliphatic heterocycles. The van der Waals surface area contributed by atoms with E-state index in [0.717, 1.165) is 17.4 Å². The highest BCUT2D eigenvalue weighted by Crippen LogP contribution is 2.24. The highest BCUT2D eigenvalue weighted by atomic mass is 16.6. The molecule has 4 rings (SSSR count). The smallest absolute Gasteiger partial charge is 0.273 e. The molecule has 4 aromatic carbocycles. The fourth-order valence-electron chi connectivity index (χ4n) is 2.60. The fraction of sp³-hybridized carbons (Fsp3) is 0. The molecule has 0 aromatic heterocycles. The van der Waals surface area contributed by atoms with Gasteiger partial charge in [-0.2, -0.15) is 0 Å². The van der Waals surface area contributed by atoms with Gasteiger partial charge in [0.25, 0.3) is 5.69 Å². The van der Waals surface area contributed by atoms with Crippen LogP contribution < -0.4 is 11.1 Å². The van der Waals surface area contributed by atoms with E-state index in [1.165, 1.54) is 22.9 Å². The van der Waals surface area contributed by atoms with Gasteiger partial charge >= 0.3 is 0 Å². The van der Waals surface area contributed by atoms with Gasteiger partial charge in [-0.25, -0.2) is 0 Å². The lowest BCUT2D eigenvalue weighted by Gasteiger charge is -2.07. The molecule has 0 bridgehead atoms. The molecule has 6 heteroatoms. The number of para-hydroxylation sites is 1. The lowest BCUT2D eigenvalue weighted by molar-refractivity contribution is -0.384. The Labute approximate surface area is 162 Å². The maximum atomic E-state index is 10.1. The number of nitro benzene ring substituents is 1. The van der Waals surface area contributed by atoms with Crippen molar-refractivity contribution in [2.24, 2.45) is 0 Å². The van der Waals surface area contributed by atoms with Crippen LogP contribution in [0.25, 0.3) is 10.8 Å². The average Bonchev–Trinajstić information content (AvgIpc) is 2.71. The van der Waals surface area contributed by atoms with Crippen molar-refractivity contribution in [2.75, 3.05) is 11.1 Å². The quantitative estimate of drug-likeness (QED) is 0.191. The third-order valence-corrected chi connectivity index (χ3v) is 4.04. The Kier molecular flexibility index (Phi) is 5.72. The van der Waals surface area contributed by atoms with E-state index < -0.39 is 4.92 Å². The molecule has 4 aromatic rings. The van der Waals surface area contributed by atoms with Gasteiger partial charge in [0.15, 0.2) is 0 Å². The van der Waals surface area contributed by atoms with Crippen molar-refractivity contribution in [3.05, 3.63) is 101 Å². The largest absolute Gasteiger partial charge is 0.506 e. The van der Waals surface area contributed by atoms with E-state index in [-0.39, 0.29) is 17.1 Å². The number of benzene rings is 4. The van der Waals surface area contributed by atoms with Gasteiger partial charge in [0.1, 0.15) is 5.75 Å². The molecule has 0 unspecified atom stereocenters. The molecular formula is C22H19N3O3. The first kappa shape index (κ1) is 18.7. The molecule has 0 spiro atoms. The summed E-state index contributed by atoms with van der Waals surface area (Å²) in [5, 5.41) is 25.0. The van der Waals surface area contributed by atoms with E-state index in [4.69, 9.17) is 10.8 Å². The number of non-ortho nitro benzene ring substituents is 1. The fourth-order valence-corrected chi connectivity index (χ4v) is 2.60. The van der Waals surface area contributed by atoms with Crippen molar-refractivity contribution in [3.8, 4) is 5.75 Å². The predicted octanol–water partition coefficient (Wildman–Crippen LogP) is 5.47. The number of nitro groups is 1. The van der Waals surface area contributed by atoms with Crippen LogP contribution in [0.1, 0.15) is 0 Å². The Morgan fingerprint density at radius 3 is 2.14 bits per heavy atom. The highest BCUT2D eigenvalue weighted by molar-refractivity contribution is 5.86. The van der Waals surface area contributed by atoms with E-state index in [0.29, 0.717) is 0 Å². The van der Waals surface area contributed by atoms with Gasteiger partial charge in [-0.3, -0.25) is 10.1 Å². The van der Waals surface area contributed by atoms with Crippen molar-refractivity contribution in [1.82, 2.24) is 0 Å². The van der Waals surface area contributed by atoms with Crippen LogP contribution in [-0.2, 0) is 0 Å². The number of hydrogen-bond donors (Lipinski definition) is 3. The molecule has 0 fully saturated rings. The lowest BCUT2D eigenvalue weighted by atomic mass is 10.1. The van der Waals surface area contributed by atoms with Crippen LogP contribution in [0.4, 0.5) is 22.7 Å². The topological polar surface area (TPSA) is 101 Å². The Morgan fingerprint density at radius 2 is 1.46 bits per heavy atom. The van der Waals surface area contributed by atoms with Crippen LogP contribution in [0.2, 0.25) is 0 Å². The summed E-state index contributed by atoms with van der Waals surface area (Å²) < 4.78 is 0. The molecule has 140 valence electrons. The molecule has 0 aliphatic rings. The number of phenolic OH excluding ortho intramolecular Hbond substituents is 1. The first-order valence-electron chi connectivity index (χ1n) is 8.57. The number of nitrogens with zero attached hydrogens (tertiary/aromatic N) is 1. The molecular weight excluding hydrogens is 354 g/mol. The van der Waals surface area contributed by atoms with Crippen molar-refractivity contribution >= 4 is 33.5 Å². The molecule has 0 heterocycles. The van der Waals surface area contributed by atoms with E-state index in [2.05, 4.69) is 59.9 Å². The van der Waals surface area contributed by atoms with E-state index in [1.807, 2.05) is 18.2 Å². The summed E-state index contributed by atoms with van der Waals surface area (Å²) in [7, 11) is 0. The van der Waals surface area contributed by atoms with Crippen molar-refractivity contribution in [2.45, 2.75) is 0 Å². The van der Waals surface area contributed by atoms with Gasteiger partial charge in [-0.15, -0.1) is 0 Å². The Morgan fingerprint density at radius 1 is 0.786 bits per heavy atom. The second-order valence-electron chi connectivity index (χ2n) is 6.05. The number of nitrogen functional groups attached to an aromatic ring is 1. The van der Waals surface area contributed by atoms with Crippen molar-refractivity contribution < 1.29 is 10.0 Å². The normalized spacial score (nSPS) is 10.0. The zero-order valence-corrected chi connectivity index (χ0v) is 14.9. The third kappa shape index (κ3) is 4.76.